The molecule has 0 saturated heterocycles. The average molecular weight is 1460 g/mol. The summed E-state index contributed by atoms with van der Waals surface area (Å²) in [5, 5.41) is 10.6. The number of carbonyl (C=O) groups is 4. The van der Waals surface area contributed by atoms with E-state index in [1.807, 2.05) is 0 Å². The van der Waals surface area contributed by atoms with Crippen molar-refractivity contribution in [1.29, 1.82) is 0 Å². The molecule has 3 N–H and O–H groups in total. The monoisotopic (exact) mass is 1460 g/mol. The summed E-state index contributed by atoms with van der Waals surface area (Å²) in [6, 6.07) is 0. The second-order valence-electron chi connectivity index (χ2n) is 27.4. The van der Waals surface area contributed by atoms with E-state index in [-0.39, 0.29) is 25.7 Å². The summed E-state index contributed by atoms with van der Waals surface area (Å²) in [7, 11) is -9.94. The van der Waals surface area contributed by atoms with E-state index in [9.17, 15) is 43.2 Å². The lowest BCUT2D eigenvalue weighted by Crippen LogP contribution is -2.30. The van der Waals surface area contributed by atoms with Gasteiger partial charge in [-0.25, -0.2) is 9.13 Å². The number of carbonyl (C=O) groups excluding carboxylic acids is 4. The Hall–Kier alpha value is -3.24. The first-order valence-corrected chi connectivity index (χ1v) is 43.5. The molecule has 0 saturated carbocycles. The van der Waals surface area contributed by atoms with Crippen LogP contribution in [-0.4, -0.2) is 96.7 Å². The highest BCUT2D eigenvalue weighted by molar-refractivity contribution is 7.47. The summed E-state index contributed by atoms with van der Waals surface area (Å²) in [5.74, 6) is -2.17. The number of aliphatic hydroxyl groups is 1. The molecule has 100 heavy (non-hydrogen) atoms. The molecule has 0 aromatic carbocycles. The van der Waals surface area contributed by atoms with Gasteiger partial charge < -0.3 is 33.8 Å². The molecule has 0 aromatic heterocycles. The fraction of sp³-hybridized carbons (Fsp3) is 0.827. The van der Waals surface area contributed by atoms with Gasteiger partial charge in [-0.05, 0) is 96.3 Å². The van der Waals surface area contributed by atoms with Crippen molar-refractivity contribution in [1.82, 2.24) is 0 Å². The van der Waals surface area contributed by atoms with E-state index in [4.69, 9.17) is 37.0 Å². The van der Waals surface area contributed by atoms with Crippen LogP contribution in [0.15, 0.2) is 60.8 Å². The van der Waals surface area contributed by atoms with Gasteiger partial charge in [-0.2, -0.15) is 0 Å². The molecule has 0 fully saturated rings. The Morgan fingerprint density at radius 3 is 0.770 bits per heavy atom. The molecule has 0 aromatic rings. The Balaban J connectivity index is 5.31. The standard InChI is InChI=1S/C81H148O17P2/c1-5-9-13-17-21-25-29-33-35-36-37-38-40-44-46-50-54-58-62-66-79(84)92-72-77(98-81(86)68-64-60-56-52-48-42-32-28-24-20-16-12-8-4)74-96-100(89,90)94-70-75(82)69-93-99(87,88)95-73-76(97-80(85)67-63-59-55-51-47-41-31-27-23-19-15-11-7-3)71-91-78(83)65-61-57-53-49-45-43-39-34-30-26-22-18-14-10-6-2/h21-22,25-26,33-35,37-39,75-77,82H,5-20,23-24,27-32,36,40-74H2,1-4H3,(H,87,88)(H,89,90)/b25-21-,26-22-,35-33-,38-37-,39-34-. The summed E-state index contributed by atoms with van der Waals surface area (Å²) in [6.07, 6.45) is 73.3. The number of unbranched alkanes of at least 4 members (excludes halogenated alkanes) is 41. The first kappa shape index (κ1) is 96.8. The molecule has 0 aliphatic rings. The zero-order chi connectivity index (χ0) is 73.2. The van der Waals surface area contributed by atoms with Crippen LogP contribution in [0.1, 0.15) is 374 Å². The van der Waals surface area contributed by atoms with Crippen LogP contribution in [-0.2, 0) is 65.4 Å². The molecule has 0 amide bonds. The van der Waals surface area contributed by atoms with Crippen molar-refractivity contribution in [2.45, 2.75) is 393 Å². The Labute approximate surface area is 610 Å². The lowest BCUT2D eigenvalue weighted by molar-refractivity contribution is -0.161. The molecule has 584 valence electrons. The molecule has 0 rings (SSSR count). The normalized spacial score (nSPS) is 14.2. The van der Waals surface area contributed by atoms with Crippen LogP contribution in [0.4, 0.5) is 0 Å². The van der Waals surface area contributed by atoms with Crippen LogP contribution in [0.5, 0.6) is 0 Å². The Morgan fingerprint density at radius 1 is 0.280 bits per heavy atom. The van der Waals surface area contributed by atoms with Crippen molar-refractivity contribution in [3.63, 3.8) is 0 Å². The fourth-order valence-corrected chi connectivity index (χ4v) is 12.8. The maximum atomic E-state index is 13.1. The molecule has 0 aliphatic carbocycles. The third-order valence-electron chi connectivity index (χ3n) is 17.5. The van der Waals surface area contributed by atoms with Gasteiger partial charge in [0.2, 0.25) is 0 Å². The SMILES string of the molecule is CCCCC/C=C\C/C=C\C/C=C\CCCCCCCCC(=O)OCC(COP(=O)(O)OCC(O)COP(=O)(O)OCC(COC(=O)CCCCCCC/C=C\C/C=C\CCCCC)OC(=O)CCCCCCCCCCCCCCC)OC(=O)CCCCCCCCCCCCCCC. The molecular weight excluding hydrogens is 1310 g/mol. The Morgan fingerprint density at radius 2 is 0.490 bits per heavy atom. The van der Waals surface area contributed by atoms with Crippen molar-refractivity contribution in [3.8, 4) is 0 Å². The predicted octanol–water partition coefficient (Wildman–Crippen LogP) is 23.5. The molecule has 0 bridgehead atoms. The summed E-state index contributed by atoms with van der Waals surface area (Å²) in [6.45, 7) is 4.87. The molecule has 5 atom stereocenters. The number of ether oxygens (including phenoxy) is 4. The zero-order valence-electron chi connectivity index (χ0n) is 63.9. The lowest BCUT2D eigenvalue weighted by Gasteiger charge is -2.21. The van der Waals surface area contributed by atoms with Gasteiger partial charge in [0.1, 0.15) is 19.3 Å². The number of allylic oxidation sites excluding steroid dienone is 10. The minimum Gasteiger partial charge on any atom is -0.462 e. The zero-order valence-corrected chi connectivity index (χ0v) is 65.7. The molecule has 0 spiro atoms. The molecule has 0 aliphatic heterocycles. The van der Waals surface area contributed by atoms with Gasteiger partial charge >= 0.3 is 39.5 Å². The Kier molecular flexibility index (Phi) is 71.6. The molecule has 17 nitrogen and oxygen atoms in total. The van der Waals surface area contributed by atoms with Crippen LogP contribution in [0.25, 0.3) is 0 Å². The molecular formula is C81H148O17P2. The van der Waals surface area contributed by atoms with E-state index in [2.05, 4.69) is 88.5 Å². The Bertz CT molecular complexity index is 2130. The lowest BCUT2D eigenvalue weighted by atomic mass is 10.0. The highest BCUT2D eigenvalue weighted by atomic mass is 31.2. The second-order valence-corrected chi connectivity index (χ2v) is 30.3. The highest BCUT2D eigenvalue weighted by Crippen LogP contribution is 2.45. The first-order valence-electron chi connectivity index (χ1n) is 40.5. The highest BCUT2D eigenvalue weighted by Gasteiger charge is 2.30. The summed E-state index contributed by atoms with van der Waals surface area (Å²) in [5.41, 5.74) is 0. The van der Waals surface area contributed by atoms with Crippen molar-refractivity contribution in [2.75, 3.05) is 39.6 Å². The van der Waals surface area contributed by atoms with Crippen LogP contribution >= 0.6 is 15.6 Å². The van der Waals surface area contributed by atoms with Crippen molar-refractivity contribution < 1.29 is 80.2 Å². The summed E-state index contributed by atoms with van der Waals surface area (Å²) < 4.78 is 68.6. The minimum atomic E-state index is -4.97. The molecule has 19 heteroatoms. The van der Waals surface area contributed by atoms with E-state index in [1.165, 1.54) is 141 Å². The number of hydrogen-bond donors (Lipinski definition) is 3. The third kappa shape index (κ3) is 73.1. The number of phosphoric ester groups is 2. The number of aliphatic hydroxyl groups excluding tert-OH is 1. The predicted molar refractivity (Wildman–Crippen MR) is 409 cm³/mol. The van der Waals surface area contributed by atoms with Crippen molar-refractivity contribution in [2.24, 2.45) is 0 Å². The van der Waals surface area contributed by atoms with Crippen LogP contribution in [0.2, 0.25) is 0 Å². The average Bonchev–Trinajstić information content (AvgIpc) is 0.935. The van der Waals surface area contributed by atoms with E-state index in [0.717, 1.165) is 154 Å². The van der Waals surface area contributed by atoms with Gasteiger partial charge in [-0.1, -0.05) is 313 Å². The van der Waals surface area contributed by atoms with E-state index >= 15 is 0 Å². The topological polar surface area (TPSA) is 237 Å². The molecule has 0 heterocycles. The van der Waals surface area contributed by atoms with Crippen LogP contribution in [0, 0.1) is 0 Å². The number of rotatable bonds is 77. The fourth-order valence-electron chi connectivity index (χ4n) is 11.3. The van der Waals surface area contributed by atoms with E-state index in [1.54, 1.807) is 0 Å². The van der Waals surface area contributed by atoms with Gasteiger partial charge in [0.15, 0.2) is 12.2 Å². The second kappa shape index (κ2) is 74.0. The maximum absolute atomic E-state index is 13.1. The van der Waals surface area contributed by atoms with Gasteiger partial charge in [-0.15, -0.1) is 0 Å². The minimum absolute atomic E-state index is 0.0983. The van der Waals surface area contributed by atoms with Crippen LogP contribution < -0.4 is 0 Å². The van der Waals surface area contributed by atoms with Crippen molar-refractivity contribution >= 4 is 39.5 Å². The number of esters is 4. The summed E-state index contributed by atoms with van der Waals surface area (Å²) in [4.78, 5) is 73.0. The van der Waals surface area contributed by atoms with E-state index in [0.29, 0.717) is 25.7 Å². The molecule has 5 unspecified atom stereocenters. The summed E-state index contributed by atoms with van der Waals surface area (Å²) >= 11 is 0. The largest absolute Gasteiger partial charge is 0.472 e. The number of phosphoric acid groups is 2. The quantitative estimate of drug-likeness (QED) is 0.0169. The first-order chi connectivity index (χ1) is 48.7. The smallest absolute Gasteiger partial charge is 0.462 e. The third-order valence-corrected chi connectivity index (χ3v) is 19.4. The van der Waals surface area contributed by atoms with Gasteiger partial charge in [0.25, 0.3) is 0 Å². The maximum Gasteiger partial charge on any atom is 0.472 e. The van der Waals surface area contributed by atoms with Crippen molar-refractivity contribution in [3.05, 3.63) is 60.8 Å². The van der Waals surface area contributed by atoms with Gasteiger partial charge in [0.05, 0.1) is 26.4 Å². The van der Waals surface area contributed by atoms with Crippen LogP contribution in [0.3, 0.4) is 0 Å². The van der Waals surface area contributed by atoms with Gasteiger partial charge in [0, 0.05) is 25.7 Å². The number of hydrogen-bond acceptors (Lipinski definition) is 15. The van der Waals surface area contributed by atoms with Gasteiger partial charge in [-0.3, -0.25) is 37.3 Å². The van der Waals surface area contributed by atoms with E-state index < -0.39 is 97.5 Å². The molecule has 0 radical (unpaired) electrons.